The standard InChI is InChI=1S/C12H23N3O/c1-5-7-15-10(3)12(9(2)14-15)11(4)16-8-6-13/h11H,5-8,13H2,1-4H3. The molecule has 0 amide bonds. The SMILES string of the molecule is CCCn1nc(C)c(C(C)OCCN)c1C. The Bertz CT molecular complexity index is 333. The molecule has 4 nitrogen and oxygen atoms in total. The van der Waals surface area contributed by atoms with E-state index in [1.54, 1.807) is 0 Å². The molecule has 0 spiro atoms. The Morgan fingerprint density at radius 1 is 1.44 bits per heavy atom. The molecule has 1 heterocycles. The van der Waals surface area contributed by atoms with Crippen LogP contribution in [0.4, 0.5) is 0 Å². The lowest BCUT2D eigenvalue weighted by atomic mass is 10.1. The van der Waals surface area contributed by atoms with E-state index in [0.717, 1.165) is 18.7 Å². The van der Waals surface area contributed by atoms with Crippen molar-refractivity contribution in [3.8, 4) is 0 Å². The molecule has 0 bridgehead atoms. The number of nitrogens with two attached hydrogens (primary N) is 1. The van der Waals surface area contributed by atoms with Gasteiger partial charge in [-0.25, -0.2) is 0 Å². The molecule has 2 N–H and O–H groups in total. The van der Waals surface area contributed by atoms with Gasteiger partial charge in [-0.2, -0.15) is 5.10 Å². The van der Waals surface area contributed by atoms with E-state index in [1.165, 1.54) is 11.3 Å². The highest BCUT2D eigenvalue weighted by Crippen LogP contribution is 2.24. The minimum Gasteiger partial charge on any atom is -0.372 e. The van der Waals surface area contributed by atoms with Gasteiger partial charge in [-0.15, -0.1) is 0 Å². The van der Waals surface area contributed by atoms with Crippen LogP contribution in [0.2, 0.25) is 0 Å². The highest BCUT2D eigenvalue weighted by molar-refractivity contribution is 5.26. The first-order valence-corrected chi connectivity index (χ1v) is 5.97. The number of hydrogen-bond acceptors (Lipinski definition) is 3. The van der Waals surface area contributed by atoms with Crippen molar-refractivity contribution in [3.05, 3.63) is 17.0 Å². The van der Waals surface area contributed by atoms with E-state index >= 15 is 0 Å². The molecule has 1 atom stereocenters. The third kappa shape index (κ3) is 2.83. The Kier molecular flexibility index (Phi) is 4.96. The van der Waals surface area contributed by atoms with Crippen LogP contribution in [0, 0.1) is 13.8 Å². The van der Waals surface area contributed by atoms with E-state index in [0.29, 0.717) is 13.2 Å². The maximum absolute atomic E-state index is 5.65. The lowest BCUT2D eigenvalue weighted by molar-refractivity contribution is 0.0708. The molecular weight excluding hydrogens is 202 g/mol. The first-order chi connectivity index (χ1) is 7.61. The summed E-state index contributed by atoms with van der Waals surface area (Å²) in [7, 11) is 0. The monoisotopic (exact) mass is 225 g/mol. The minimum atomic E-state index is 0.0779. The molecule has 0 aromatic carbocycles. The van der Waals surface area contributed by atoms with Crippen LogP contribution in [0.1, 0.15) is 43.3 Å². The van der Waals surface area contributed by atoms with Crippen LogP contribution < -0.4 is 5.73 Å². The lowest BCUT2D eigenvalue weighted by Crippen LogP contribution is -2.12. The third-order valence-corrected chi connectivity index (χ3v) is 2.77. The average molecular weight is 225 g/mol. The fraction of sp³-hybridized carbons (Fsp3) is 0.750. The van der Waals surface area contributed by atoms with Gasteiger partial charge in [-0.3, -0.25) is 4.68 Å². The molecule has 0 aliphatic heterocycles. The number of ether oxygens (including phenoxy) is 1. The summed E-state index contributed by atoms with van der Waals surface area (Å²) in [5, 5.41) is 4.53. The van der Waals surface area contributed by atoms with E-state index in [9.17, 15) is 0 Å². The van der Waals surface area contributed by atoms with Gasteiger partial charge in [0.1, 0.15) is 0 Å². The van der Waals surface area contributed by atoms with Crippen molar-refractivity contribution < 1.29 is 4.74 Å². The van der Waals surface area contributed by atoms with Gasteiger partial charge in [0.2, 0.25) is 0 Å². The normalized spacial score (nSPS) is 13.1. The van der Waals surface area contributed by atoms with Crippen molar-refractivity contribution in [1.29, 1.82) is 0 Å². The summed E-state index contributed by atoms with van der Waals surface area (Å²) in [6, 6.07) is 0. The number of aryl methyl sites for hydroxylation is 2. The van der Waals surface area contributed by atoms with Gasteiger partial charge in [0.05, 0.1) is 18.4 Å². The van der Waals surface area contributed by atoms with Crippen LogP contribution in [0.3, 0.4) is 0 Å². The summed E-state index contributed by atoms with van der Waals surface area (Å²) >= 11 is 0. The van der Waals surface area contributed by atoms with Crippen molar-refractivity contribution >= 4 is 0 Å². The molecule has 0 aliphatic carbocycles. The number of hydrogen-bond donors (Lipinski definition) is 1. The van der Waals surface area contributed by atoms with Crippen LogP contribution in [0.15, 0.2) is 0 Å². The van der Waals surface area contributed by atoms with Crippen LogP contribution in [0.5, 0.6) is 0 Å². The molecule has 0 saturated heterocycles. The fourth-order valence-corrected chi connectivity index (χ4v) is 2.06. The fourth-order valence-electron chi connectivity index (χ4n) is 2.06. The average Bonchev–Trinajstić information content (AvgIpc) is 2.52. The van der Waals surface area contributed by atoms with Crippen LogP contribution in [-0.4, -0.2) is 22.9 Å². The van der Waals surface area contributed by atoms with E-state index in [2.05, 4.69) is 30.6 Å². The number of nitrogens with zero attached hydrogens (tertiary/aromatic N) is 2. The molecule has 92 valence electrons. The van der Waals surface area contributed by atoms with E-state index < -0.39 is 0 Å². The van der Waals surface area contributed by atoms with Gasteiger partial charge < -0.3 is 10.5 Å². The van der Waals surface area contributed by atoms with Crippen molar-refractivity contribution in [2.75, 3.05) is 13.2 Å². The van der Waals surface area contributed by atoms with Crippen LogP contribution in [-0.2, 0) is 11.3 Å². The first-order valence-electron chi connectivity index (χ1n) is 5.97. The van der Waals surface area contributed by atoms with E-state index in [-0.39, 0.29) is 6.10 Å². The summed E-state index contributed by atoms with van der Waals surface area (Å²) in [4.78, 5) is 0. The van der Waals surface area contributed by atoms with Crippen molar-refractivity contribution in [3.63, 3.8) is 0 Å². The maximum atomic E-state index is 5.65. The molecule has 0 radical (unpaired) electrons. The van der Waals surface area contributed by atoms with E-state index in [1.807, 2.05) is 6.92 Å². The molecule has 0 saturated carbocycles. The Labute approximate surface area is 97.8 Å². The molecule has 1 rings (SSSR count). The minimum absolute atomic E-state index is 0.0779. The predicted molar refractivity (Wildman–Crippen MR) is 65.4 cm³/mol. The first kappa shape index (κ1) is 13.2. The Morgan fingerprint density at radius 3 is 2.69 bits per heavy atom. The summed E-state index contributed by atoms with van der Waals surface area (Å²) in [5.74, 6) is 0. The molecule has 1 aromatic rings. The van der Waals surface area contributed by atoms with Gasteiger partial charge >= 0.3 is 0 Å². The second-order valence-corrected chi connectivity index (χ2v) is 4.11. The zero-order chi connectivity index (χ0) is 12.1. The Morgan fingerprint density at radius 2 is 2.12 bits per heavy atom. The molecule has 4 heteroatoms. The lowest BCUT2D eigenvalue weighted by Gasteiger charge is -2.13. The smallest absolute Gasteiger partial charge is 0.0833 e. The van der Waals surface area contributed by atoms with Gasteiger partial charge in [0.15, 0.2) is 0 Å². The highest BCUT2D eigenvalue weighted by Gasteiger charge is 2.17. The third-order valence-electron chi connectivity index (χ3n) is 2.77. The molecule has 16 heavy (non-hydrogen) atoms. The second kappa shape index (κ2) is 6.01. The molecule has 1 unspecified atom stereocenters. The highest BCUT2D eigenvalue weighted by atomic mass is 16.5. The molecule has 0 aliphatic rings. The summed E-state index contributed by atoms with van der Waals surface area (Å²) < 4.78 is 7.71. The van der Waals surface area contributed by atoms with Crippen molar-refractivity contribution in [2.24, 2.45) is 5.73 Å². The summed E-state index contributed by atoms with van der Waals surface area (Å²) in [6.07, 6.45) is 1.17. The zero-order valence-corrected chi connectivity index (χ0v) is 10.8. The van der Waals surface area contributed by atoms with Crippen LogP contribution in [0.25, 0.3) is 0 Å². The largest absolute Gasteiger partial charge is 0.372 e. The molecule has 0 fully saturated rings. The molecular formula is C12H23N3O. The van der Waals surface area contributed by atoms with Crippen LogP contribution >= 0.6 is 0 Å². The predicted octanol–water partition coefficient (Wildman–Crippen LogP) is 1.95. The van der Waals surface area contributed by atoms with E-state index in [4.69, 9.17) is 10.5 Å². The number of aromatic nitrogens is 2. The topological polar surface area (TPSA) is 53.1 Å². The maximum Gasteiger partial charge on any atom is 0.0833 e. The summed E-state index contributed by atoms with van der Waals surface area (Å²) in [5.41, 5.74) is 8.93. The van der Waals surface area contributed by atoms with Gasteiger partial charge in [-0.1, -0.05) is 6.92 Å². The zero-order valence-electron chi connectivity index (χ0n) is 10.8. The molecule has 1 aromatic heterocycles. The second-order valence-electron chi connectivity index (χ2n) is 4.11. The Balaban J connectivity index is 2.86. The Hall–Kier alpha value is -0.870. The quantitative estimate of drug-likeness (QED) is 0.805. The van der Waals surface area contributed by atoms with Gasteiger partial charge in [0.25, 0.3) is 0 Å². The van der Waals surface area contributed by atoms with Crippen molar-refractivity contribution in [1.82, 2.24) is 9.78 Å². The number of rotatable bonds is 6. The van der Waals surface area contributed by atoms with Crippen molar-refractivity contribution in [2.45, 2.75) is 46.8 Å². The van der Waals surface area contributed by atoms with Gasteiger partial charge in [0, 0.05) is 24.3 Å². The summed E-state index contributed by atoms with van der Waals surface area (Å²) in [6.45, 7) is 10.5. The van der Waals surface area contributed by atoms with Gasteiger partial charge in [-0.05, 0) is 27.2 Å².